The lowest BCUT2D eigenvalue weighted by Crippen LogP contribution is -2.40. The van der Waals surface area contributed by atoms with Gasteiger partial charge in [-0.2, -0.15) is 0 Å². The summed E-state index contributed by atoms with van der Waals surface area (Å²) in [4.78, 5) is 10.7. The first kappa shape index (κ1) is 15.0. The largest absolute Gasteiger partial charge is 0.451 e. The number of ether oxygens (including phenoxy) is 5. The van der Waals surface area contributed by atoms with E-state index in [2.05, 4.69) is 0 Å². The number of halogens is 1. The van der Waals surface area contributed by atoms with E-state index in [0.717, 1.165) is 0 Å². The molecule has 3 atom stereocenters. The molecule has 0 amide bonds. The molecule has 2 rings (SSSR count). The quantitative estimate of drug-likeness (QED) is 0.742. The second kappa shape index (κ2) is 5.18. The average molecular weight is 295 g/mol. The van der Waals surface area contributed by atoms with Crippen molar-refractivity contribution < 1.29 is 28.5 Å². The third kappa shape index (κ3) is 3.79. The fraction of sp³-hybridized carbons (Fsp3) is 0.917. The summed E-state index contributed by atoms with van der Waals surface area (Å²) in [6, 6.07) is 0. The van der Waals surface area contributed by atoms with E-state index >= 15 is 0 Å². The first-order valence-corrected chi connectivity index (χ1v) is 6.56. The molecule has 2 aliphatic rings. The Hall–Kier alpha value is -0.400. The number of carbonyl (C=O) groups excluding carboxylic acids is 1. The highest BCUT2D eigenvalue weighted by molar-refractivity contribution is 6.61. The summed E-state index contributed by atoms with van der Waals surface area (Å²) >= 11 is 5.17. The Morgan fingerprint density at radius 3 is 2.42 bits per heavy atom. The zero-order valence-electron chi connectivity index (χ0n) is 11.5. The van der Waals surface area contributed by atoms with Crippen LogP contribution in [0.5, 0.6) is 0 Å². The smallest absolute Gasteiger partial charge is 0.403 e. The van der Waals surface area contributed by atoms with E-state index in [1.54, 1.807) is 13.8 Å². The fourth-order valence-corrected chi connectivity index (χ4v) is 2.40. The van der Waals surface area contributed by atoms with Crippen molar-refractivity contribution in [1.82, 2.24) is 0 Å². The molecule has 0 aromatic rings. The zero-order valence-corrected chi connectivity index (χ0v) is 12.2. The van der Waals surface area contributed by atoms with Crippen molar-refractivity contribution in [2.45, 2.75) is 57.6 Å². The zero-order chi connectivity index (χ0) is 14.3. The highest BCUT2D eigenvalue weighted by Gasteiger charge is 2.50. The van der Waals surface area contributed by atoms with Crippen LogP contribution in [0.2, 0.25) is 0 Å². The lowest BCUT2D eigenvalue weighted by Gasteiger charge is -2.23. The van der Waals surface area contributed by atoms with Crippen LogP contribution in [0.1, 0.15) is 27.7 Å². The molecule has 0 saturated carbocycles. The molecule has 6 nitrogen and oxygen atoms in total. The van der Waals surface area contributed by atoms with E-state index in [9.17, 15) is 4.79 Å². The summed E-state index contributed by atoms with van der Waals surface area (Å²) < 4.78 is 27.6. The van der Waals surface area contributed by atoms with Gasteiger partial charge in [0.25, 0.3) is 0 Å². The number of carbonyl (C=O) groups is 1. The first-order valence-electron chi connectivity index (χ1n) is 6.18. The van der Waals surface area contributed by atoms with Gasteiger partial charge in [-0.1, -0.05) is 0 Å². The van der Waals surface area contributed by atoms with Crippen molar-refractivity contribution in [2.24, 2.45) is 0 Å². The third-order valence-electron chi connectivity index (χ3n) is 2.98. The second-order valence-corrected chi connectivity index (χ2v) is 5.86. The van der Waals surface area contributed by atoms with Crippen LogP contribution in [0.4, 0.5) is 4.79 Å². The summed E-state index contributed by atoms with van der Waals surface area (Å²) in [6.07, 6.45) is -1.07. The summed E-state index contributed by atoms with van der Waals surface area (Å²) in [5.74, 6) is -1.40. The maximum absolute atomic E-state index is 10.7. The molecule has 2 heterocycles. The molecule has 2 fully saturated rings. The van der Waals surface area contributed by atoms with E-state index in [4.69, 9.17) is 35.3 Å². The summed E-state index contributed by atoms with van der Waals surface area (Å²) in [7, 11) is 0. The normalized spacial score (nSPS) is 36.4. The van der Waals surface area contributed by atoms with Crippen LogP contribution in [0.3, 0.4) is 0 Å². The predicted octanol–water partition coefficient (Wildman–Crippen LogP) is 2.03. The Balaban J connectivity index is 2.02. The molecule has 110 valence electrons. The van der Waals surface area contributed by atoms with Crippen molar-refractivity contribution in [1.29, 1.82) is 0 Å². The molecule has 0 aliphatic carbocycles. The molecule has 0 bridgehead atoms. The number of rotatable bonds is 3. The Kier molecular flexibility index (Phi) is 4.09. The van der Waals surface area contributed by atoms with Gasteiger partial charge >= 0.3 is 5.43 Å². The third-order valence-corrected chi connectivity index (χ3v) is 3.09. The predicted molar refractivity (Wildman–Crippen MR) is 65.9 cm³/mol. The SMILES string of the molecule is CC1(C)OCC(C2OC(C)(C)OC2COC(=O)Cl)O1. The Morgan fingerprint density at radius 2 is 1.89 bits per heavy atom. The maximum atomic E-state index is 10.7. The molecule has 7 heteroatoms. The van der Waals surface area contributed by atoms with E-state index in [0.29, 0.717) is 6.61 Å². The monoisotopic (exact) mass is 294 g/mol. The molecule has 2 saturated heterocycles. The first-order chi connectivity index (χ1) is 8.69. The van der Waals surface area contributed by atoms with Gasteiger partial charge in [0.1, 0.15) is 24.9 Å². The van der Waals surface area contributed by atoms with Crippen LogP contribution in [-0.4, -0.2) is 48.5 Å². The van der Waals surface area contributed by atoms with Gasteiger partial charge in [0.2, 0.25) is 0 Å². The summed E-state index contributed by atoms with van der Waals surface area (Å²) in [5, 5.41) is 0. The van der Waals surface area contributed by atoms with Crippen LogP contribution < -0.4 is 0 Å². The maximum Gasteiger partial charge on any atom is 0.403 e. The number of hydrogen-bond acceptors (Lipinski definition) is 6. The van der Waals surface area contributed by atoms with Gasteiger partial charge in [-0.05, 0) is 27.7 Å². The minimum absolute atomic E-state index is 0.0245. The van der Waals surface area contributed by atoms with Gasteiger partial charge < -0.3 is 23.7 Å². The van der Waals surface area contributed by atoms with Gasteiger partial charge in [-0.25, -0.2) is 4.79 Å². The lowest BCUT2D eigenvalue weighted by molar-refractivity contribution is -0.175. The average Bonchev–Trinajstić information content (AvgIpc) is 2.75. The van der Waals surface area contributed by atoms with Gasteiger partial charge in [-0.3, -0.25) is 0 Å². The van der Waals surface area contributed by atoms with Crippen molar-refractivity contribution in [3.05, 3.63) is 0 Å². The van der Waals surface area contributed by atoms with E-state index in [-0.39, 0.29) is 18.8 Å². The molecule has 0 aromatic carbocycles. The van der Waals surface area contributed by atoms with E-state index in [1.165, 1.54) is 0 Å². The van der Waals surface area contributed by atoms with Gasteiger partial charge in [-0.15, -0.1) is 0 Å². The minimum Gasteiger partial charge on any atom is -0.451 e. The molecule has 2 aliphatic heterocycles. The highest BCUT2D eigenvalue weighted by Crippen LogP contribution is 2.35. The Labute approximate surface area is 117 Å². The molecular formula is C12H19ClO6. The topological polar surface area (TPSA) is 63.2 Å². The molecule has 0 N–H and O–H groups in total. The van der Waals surface area contributed by atoms with Gasteiger partial charge in [0.05, 0.1) is 6.61 Å². The van der Waals surface area contributed by atoms with Crippen molar-refractivity contribution in [2.75, 3.05) is 13.2 Å². The standard InChI is InChI=1S/C12H19ClO6/c1-11(2)16-6-8(17-11)9-7(5-15-10(13)14)18-12(3,4)19-9/h7-9H,5-6H2,1-4H3. The van der Waals surface area contributed by atoms with Crippen molar-refractivity contribution in [3.8, 4) is 0 Å². The Bertz CT molecular complexity index is 356. The van der Waals surface area contributed by atoms with Crippen LogP contribution >= 0.6 is 11.6 Å². The van der Waals surface area contributed by atoms with Crippen molar-refractivity contribution in [3.63, 3.8) is 0 Å². The van der Waals surface area contributed by atoms with Crippen LogP contribution in [0, 0.1) is 0 Å². The molecule has 19 heavy (non-hydrogen) atoms. The Morgan fingerprint density at radius 1 is 1.21 bits per heavy atom. The van der Waals surface area contributed by atoms with Crippen LogP contribution in [-0.2, 0) is 23.7 Å². The highest BCUT2D eigenvalue weighted by atomic mass is 35.5. The van der Waals surface area contributed by atoms with E-state index < -0.39 is 23.1 Å². The van der Waals surface area contributed by atoms with Crippen LogP contribution in [0.15, 0.2) is 0 Å². The van der Waals surface area contributed by atoms with Gasteiger partial charge in [0, 0.05) is 11.6 Å². The summed E-state index contributed by atoms with van der Waals surface area (Å²) in [6.45, 7) is 7.69. The second-order valence-electron chi connectivity index (χ2n) is 5.55. The molecule has 0 radical (unpaired) electrons. The molecular weight excluding hydrogens is 276 g/mol. The summed E-state index contributed by atoms with van der Waals surface area (Å²) in [5.41, 5.74) is -0.865. The van der Waals surface area contributed by atoms with Crippen LogP contribution in [0.25, 0.3) is 0 Å². The van der Waals surface area contributed by atoms with Gasteiger partial charge in [0.15, 0.2) is 11.6 Å². The molecule has 0 aromatic heterocycles. The fourth-order valence-electron chi connectivity index (χ4n) is 2.33. The van der Waals surface area contributed by atoms with Crippen molar-refractivity contribution >= 4 is 17.0 Å². The van der Waals surface area contributed by atoms with E-state index in [1.807, 2.05) is 13.8 Å². The minimum atomic E-state index is -0.865. The number of hydrogen-bond donors (Lipinski definition) is 0. The molecule has 3 unspecified atom stereocenters. The molecule has 0 spiro atoms. The lowest BCUT2D eigenvalue weighted by atomic mass is 10.1.